The van der Waals surface area contributed by atoms with E-state index in [1.165, 1.54) is 6.42 Å². The molecule has 0 aliphatic carbocycles. The van der Waals surface area contributed by atoms with Crippen LogP contribution in [0.3, 0.4) is 0 Å². The molecule has 0 aliphatic heterocycles. The summed E-state index contributed by atoms with van der Waals surface area (Å²) in [6.45, 7) is 8.85. The van der Waals surface area contributed by atoms with E-state index in [9.17, 15) is 0 Å². The van der Waals surface area contributed by atoms with Crippen molar-refractivity contribution in [2.45, 2.75) is 33.6 Å². The van der Waals surface area contributed by atoms with E-state index in [1.807, 2.05) is 6.07 Å². The molecule has 1 unspecified atom stereocenters. The van der Waals surface area contributed by atoms with Gasteiger partial charge < -0.3 is 9.73 Å². The van der Waals surface area contributed by atoms with Crippen LogP contribution in [-0.2, 0) is 6.42 Å². The molecule has 2 nitrogen and oxygen atoms in total. The maximum Gasteiger partial charge on any atom is 0.104 e. The maximum atomic E-state index is 5.40. The van der Waals surface area contributed by atoms with Crippen molar-refractivity contribution in [2.24, 2.45) is 11.8 Å². The summed E-state index contributed by atoms with van der Waals surface area (Å²) in [5, 5.41) is 3.42. The van der Waals surface area contributed by atoms with Crippen molar-refractivity contribution in [3.05, 3.63) is 24.2 Å². The molecule has 0 saturated carbocycles. The van der Waals surface area contributed by atoms with Gasteiger partial charge in [-0.3, -0.25) is 0 Å². The highest BCUT2D eigenvalue weighted by atomic mass is 16.3. The molecular weight excluding hydrogens is 186 g/mol. The molecule has 1 N–H and O–H groups in total. The summed E-state index contributed by atoms with van der Waals surface area (Å²) in [5.41, 5.74) is 0. The first-order chi connectivity index (χ1) is 7.22. The number of furan rings is 1. The van der Waals surface area contributed by atoms with Crippen molar-refractivity contribution < 1.29 is 4.42 Å². The lowest BCUT2D eigenvalue weighted by Gasteiger charge is -2.18. The van der Waals surface area contributed by atoms with Gasteiger partial charge in [0.1, 0.15) is 5.76 Å². The second-order valence-electron chi connectivity index (χ2n) is 4.59. The molecule has 0 bridgehead atoms. The number of rotatable bonds is 7. The van der Waals surface area contributed by atoms with Crippen LogP contribution in [-0.4, -0.2) is 13.1 Å². The zero-order valence-corrected chi connectivity index (χ0v) is 10.1. The predicted octanol–water partition coefficient (Wildman–Crippen LogP) is 3.09. The van der Waals surface area contributed by atoms with Crippen molar-refractivity contribution in [1.29, 1.82) is 0 Å². The Kier molecular flexibility index (Phi) is 5.48. The minimum Gasteiger partial charge on any atom is -0.469 e. The second kappa shape index (κ2) is 6.67. The zero-order chi connectivity index (χ0) is 11.1. The van der Waals surface area contributed by atoms with Crippen LogP contribution in [0.2, 0.25) is 0 Å². The molecule has 15 heavy (non-hydrogen) atoms. The summed E-state index contributed by atoms with van der Waals surface area (Å²) in [6, 6.07) is 4.04. The molecule has 1 heterocycles. The lowest BCUT2D eigenvalue weighted by atomic mass is 9.93. The summed E-state index contributed by atoms with van der Waals surface area (Å²) >= 11 is 0. The standard InChI is InChI=1S/C13H23NO/c1-4-14-10-12(8-11(2)3)9-13-6-5-7-15-13/h5-7,11-12,14H,4,8-10H2,1-3H3. The van der Waals surface area contributed by atoms with Crippen LogP contribution in [0.1, 0.15) is 33.0 Å². The Balaban J connectivity index is 2.41. The van der Waals surface area contributed by atoms with E-state index in [-0.39, 0.29) is 0 Å². The third-order valence-electron chi connectivity index (χ3n) is 2.56. The molecule has 0 amide bonds. The highest BCUT2D eigenvalue weighted by Crippen LogP contribution is 2.17. The first-order valence-corrected chi connectivity index (χ1v) is 5.95. The Morgan fingerprint density at radius 1 is 1.40 bits per heavy atom. The van der Waals surface area contributed by atoms with Gasteiger partial charge in [0.2, 0.25) is 0 Å². The number of nitrogens with one attached hydrogen (secondary N) is 1. The number of hydrogen-bond donors (Lipinski definition) is 1. The van der Waals surface area contributed by atoms with Gasteiger partial charge in [-0.2, -0.15) is 0 Å². The van der Waals surface area contributed by atoms with Gasteiger partial charge in [0.15, 0.2) is 0 Å². The molecule has 1 rings (SSSR count). The fourth-order valence-corrected chi connectivity index (χ4v) is 1.97. The molecule has 1 aromatic heterocycles. The van der Waals surface area contributed by atoms with Crippen LogP contribution in [0.4, 0.5) is 0 Å². The predicted molar refractivity (Wildman–Crippen MR) is 63.9 cm³/mol. The molecular formula is C13H23NO. The van der Waals surface area contributed by atoms with Crippen LogP contribution in [0, 0.1) is 11.8 Å². The van der Waals surface area contributed by atoms with E-state index in [0.717, 1.165) is 31.2 Å². The highest BCUT2D eigenvalue weighted by Gasteiger charge is 2.12. The molecule has 1 aromatic rings. The van der Waals surface area contributed by atoms with Gasteiger partial charge in [0.25, 0.3) is 0 Å². The average molecular weight is 209 g/mol. The molecule has 0 aromatic carbocycles. The van der Waals surface area contributed by atoms with E-state index < -0.39 is 0 Å². The highest BCUT2D eigenvalue weighted by molar-refractivity contribution is 4.99. The van der Waals surface area contributed by atoms with E-state index in [4.69, 9.17) is 4.42 Å². The third-order valence-corrected chi connectivity index (χ3v) is 2.56. The van der Waals surface area contributed by atoms with Crippen molar-refractivity contribution in [3.8, 4) is 0 Å². The SMILES string of the molecule is CCNCC(Cc1ccco1)CC(C)C. The molecule has 0 saturated heterocycles. The van der Waals surface area contributed by atoms with Gasteiger partial charge in [-0.05, 0) is 43.5 Å². The minimum absolute atomic E-state index is 0.691. The number of hydrogen-bond acceptors (Lipinski definition) is 2. The monoisotopic (exact) mass is 209 g/mol. The Labute approximate surface area is 93.1 Å². The Morgan fingerprint density at radius 2 is 2.20 bits per heavy atom. The molecule has 0 spiro atoms. The summed E-state index contributed by atoms with van der Waals surface area (Å²) in [4.78, 5) is 0. The topological polar surface area (TPSA) is 25.2 Å². The summed E-state index contributed by atoms with van der Waals surface area (Å²) in [5.74, 6) is 2.55. The smallest absolute Gasteiger partial charge is 0.104 e. The van der Waals surface area contributed by atoms with Crippen molar-refractivity contribution >= 4 is 0 Å². The fraction of sp³-hybridized carbons (Fsp3) is 0.692. The van der Waals surface area contributed by atoms with Gasteiger partial charge in [0.05, 0.1) is 6.26 Å². The zero-order valence-electron chi connectivity index (χ0n) is 10.1. The molecule has 86 valence electrons. The van der Waals surface area contributed by atoms with Gasteiger partial charge in [-0.25, -0.2) is 0 Å². The third kappa shape index (κ3) is 5.03. The van der Waals surface area contributed by atoms with Crippen molar-refractivity contribution in [3.63, 3.8) is 0 Å². The van der Waals surface area contributed by atoms with E-state index in [2.05, 4.69) is 32.2 Å². The second-order valence-corrected chi connectivity index (χ2v) is 4.59. The van der Waals surface area contributed by atoms with Crippen LogP contribution in [0.5, 0.6) is 0 Å². The molecule has 0 fully saturated rings. The van der Waals surface area contributed by atoms with Crippen LogP contribution < -0.4 is 5.32 Å². The van der Waals surface area contributed by atoms with E-state index >= 15 is 0 Å². The van der Waals surface area contributed by atoms with Gasteiger partial charge >= 0.3 is 0 Å². The lowest BCUT2D eigenvalue weighted by Crippen LogP contribution is -2.25. The van der Waals surface area contributed by atoms with Crippen LogP contribution in [0.15, 0.2) is 22.8 Å². The van der Waals surface area contributed by atoms with Crippen molar-refractivity contribution in [2.75, 3.05) is 13.1 Å². The largest absolute Gasteiger partial charge is 0.469 e. The lowest BCUT2D eigenvalue weighted by molar-refractivity contribution is 0.360. The molecule has 2 heteroatoms. The Hall–Kier alpha value is -0.760. The van der Waals surface area contributed by atoms with Crippen LogP contribution >= 0.6 is 0 Å². The van der Waals surface area contributed by atoms with E-state index in [1.54, 1.807) is 6.26 Å². The van der Waals surface area contributed by atoms with Gasteiger partial charge in [-0.1, -0.05) is 20.8 Å². The quantitative estimate of drug-likeness (QED) is 0.746. The summed E-state index contributed by atoms with van der Waals surface area (Å²) < 4.78 is 5.40. The Morgan fingerprint density at radius 3 is 2.73 bits per heavy atom. The minimum atomic E-state index is 0.691. The normalized spacial score (nSPS) is 13.3. The summed E-state index contributed by atoms with van der Waals surface area (Å²) in [7, 11) is 0. The fourth-order valence-electron chi connectivity index (χ4n) is 1.97. The maximum absolute atomic E-state index is 5.40. The van der Waals surface area contributed by atoms with E-state index in [0.29, 0.717) is 5.92 Å². The van der Waals surface area contributed by atoms with Crippen LogP contribution in [0.25, 0.3) is 0 Å². The first kappa shape index (κ1) is 12.3. The molecule has 1 atom stereocenters. The average Bonchev–Trinajstić information content (AvgIpc) is 2.66. The first-order valence-electron chi connectivity index (χ1n) is 5.95. The Bertz CT molecular complexity index is 241. The summed E-state index contributed by atoms with van der Waals surface area (Å²) in [6.07, 6.45) is 4.07. The van der Waals surface area contributed by atoms with Gasteiger partial charge in [-0.15, -0.1) is 0 Å². The molecule has 0 aliphatic rings. The van der Waals surface area contributed by atoms with Gasteiger partial charge in [0, 0.05) is 6.42 Å². The van der Waals surface area contributed by atoms with Crippen molar-refractivity contribution in [1.82, 2.24) is 5.32 Å². The molecule has 0 radical (unpaired) electrons.